The molecule has 204 valence electrons. The predicted octanol–water partition coefficient (Wildman–Crippen LogP) is 4.01. The topological polar surface area (TPSA) is 91.5 Å². The van der Waals surface area contributed by atoms with E-state index in [0.29, 0.717) is 29.9 Å². The summed E-state index contributed by atoms with van der Waals surface area (Å²) in [7, 11) is 2.16. The standard InChI is InChI=1S/C30H37N7O2/c1-4-14-36-28(38)25-20-31-29(32-22-7-10-23(11-8-22)35-17-15-34(3)16-18-35)33-27(25)37(36)24-9-6-21-12-13-30(39,5-2)26(21)19-24/h4,6-8,10-11,19-20,24,39H,1,5,9,12-18H2,2-3H3,(H,31,32,33). The van der Waals surface area contributed by atoms with Crippen LogP contribution in [0.1, 0.15) is 38.6 Å². The highest BCUT2D eigenvalue weighted by Crippen LogP contribution is 2.45. The van der Waals surface area contributed by atoms with Gasteiger partial charge in [-0.15, -0.1) is 6.58 Å². The molecular weight excluding hydrogens is 490 g/mol. The van der Waals surface area contributed by atoms with E-state index in [4.69, 9.17) is 4.98 Å². The second-order valence-electron chi connectivity index (χ2n) is 10.9. The van der Waals surface area contributed by atoms with Crippen molar-refractivity contribution in [3.8, 4) is 0 Å². The lowest BCUT2D eigenvalue weighted by atomic mass is 9.87. The highest BCUT2D eigenvalue weighted by Gasteiger charge is 2.40. The van der Waals surface area contributed by atoms with Crippen LogP contribution in [-0.2, 0) is 6.54 Å². The van der Waals surface area contributed by atoms with Gasteiger partial charge in [-0.3, -0.25) is 9.48 Å². The molecule has 3 aliphatic rings. The summed E-state index contributed by atoms with van der Waals surface area (Å²) in [4.78, 5) is 27.4. The number of piperazine rings is 1. The van der Waals surface area contributed by atoms with E-state index in [1.165, 1.54) is 11.3 Å². The quantitative estimate of drug-likeness (QED) is 0.449. The number of benzene rings is 1. The molecule has 0 bridgehead atoms. The molecule has 1 aliphatic heterocycles. The number of aromatic nitrogens is 4. The number of hydrogen-bond donors (Lipinski definition) is 2. The average molecular weight is 528 g/mol. The first kappa shape index (κ1) is 25.6. The third-order valence-electron chi connectivity index (χ3n) is 8.52. The lowest BCUT2D eigenvalue weighted by Crippen LogP contribution is -2.44. The first-order valence-corrected chi connectivity index (χ1v) is 13.9. The number of anilines is 3. The van der Waals surface area contributed by atoms with Gasteiger partial charge in [0.05, 0.1) is 18.2 Å². The monoisotopic (exact) mass is 527 g/mol. The molecule has 2 aliphatic carbocycles. The number of aliphatic hydroxyl groups is 1. The van der Waals surface area contributed by atoms with Gasteiger partial charge in [-0.05, 0) is 68.1 Å². The zero-order chi connectivity index (χ0) is 27.1. The van der Waals surface area contributed by atoms with Crippen molar-refractivity contribution in [2.45, 2.75) is 50.8 Å². The minimum absolute atomic E-state index is 0.140. The summed E-state index contributed by atoms with van der Waals surface area (Å²) in [5.41, 5.74) is 3.93. The van der Waals surface area contributed by atoms with Crippen LogP contribution in [0.3, 0.4) is 0 Å². The van der Waals surface area contributed by atoms with Crippen LogP contribution in [0.2, 0.25) is 0 Å². The van der Waals surface area contributed by atoms with Gasteiger partial charge >= 0.3 is 0 Å². The van der Waals surface area contributed by atoms with Crippen molar-refractivity contribution in [3.05, 3.63) is 76.8 Å². The normalized spacial score (nSPS) is 23.5. The van der Waals surface area contributed by atoms with Crippen LogP contribution in [-0.4, -0.2) is 68.2 Å². The van der Waals surface area contributed by atoms with Gasteiger partial charge in [-0.2, -0.15) is 4.98 Å². The second-order valence-corrected chi connectivity index (χ2v) is 10.9. The minimum Gasteiger partial charge on any atom is -0.385 e. The average Bonchev–Trinajstić information content (AvgIpc) is 3.43. The fourth-order valence-electron chi connectivity index (χ4n) is 6.13. The molecule has 9 nitrogen and oxygen atoms in total. The van der Waals surface area contributed by atoms with Gasteiger partial charge in [0.15, 0.2) is 5.65 Å². The summed E-state index contributed by atoms with van der Waals surface area (Å²) in [5.74, 6) is 0.435. The molecule has 2 aromatic heterocycles. The van der Waals surface area contributed by atoms with Crippen molar-refractivity contribution in [1.82, 2.24) is 24.2 Å². The Hall–Kier alpha value is -3.69. The van der Waals surface area contributed by atoms with Gasteiger partial charge in [0.25, 0.3) is 5.56 Å². The van der Waals surface area contributed by atoms with E-state index < -0.39 is 5.60 Å². The van der Waals surface area contributed by atoms with Crippen LogP contribution >= 0.6 is 0 Å². The zero-order valence-corrected chi connectivity index (χ0v) is 22.8. The van der Waals surface area contributed by atoms with Crippen LogP contribution in [0, 0.1) is 0 Å². The minimum atomic E-state index is -0.811. The Labute approximate surface area is 228 Å². The molecule has 3 aromatic rings. The van der Waals surface area contributed by atoms with Gasteiger partial charge in [0.2, 0.25) is 5.95 Å². The van der Waals surface area contributed by atoms with Gasteiger partial charge < -0.3 is 20.2 Å². The van der Waals surface area contributed by atoms with E-state index in [2.05, 4.69) is 58.0 Å². The molecule has 1 saturated heterocycles. The molecule has 2 fully saturated rings. The summed E-state index contributed by atoms with van der Waals surface area (Å²) >= 11 is 0. The van der Waals surface area contributed by atoms with E-state index in [1.807, 2.05) is 23.7 Å². The van der Waals surface area contributed by atoms with Crippen molar-refractivity contribution in [3.63, 3.8) is 0 Å². The Morgan fingerprint density at radius 1 is 1.21 bits per heavy atom. The van der Waals surface area contributed by atoms with Gasteiger partial charge in [0.1, 0.15) is 5.39 Å². The molecule has 0 amide bonds. The van der Waals surface area contributed by atoms with Crippen LogP contribution in [0.25, 0.3) is 11.0 Å². The van der Waals surface area contributed by atoms with Crippen LogP contribution in [0.15, 0.2) is 71.2 Å². The Balaban J connectivity index is 1.33. The van der Waals surface area contributed by atoms with E-state index >= 15 is 0 Å². The summed E-state index contributed by atoms with van der Waals surface area (Å²) < 4.78 is 3.64. The van der Waals surface area contributed by atoms with Gasteiger partial charge in [0, 0.05) is 43.8 Å². The number of allylic oxidation sites excluding steroid dienone is 3. The van der Waals surface area contributed by atoms with Crippen molar-refractivity contribution < 1.29 is 5.11 Å². The van der Waals surface area contributed by atoms with Gasteiger partial charge in [-0.1, -0.05) is 25.2 Å². The molecule has 1 saturated carbocycles. The first-order chi connectivity index (χ1) is 18.9. The molecule has 2 N–H and O–H groups in total. The van der Waals surface area contributed by atoms with Crippen molar-refractivity contribution >= 4 is 28.4 Å². The number of likely N-dealkylation sites (N-methyl/N-ethyl adjacent to an activating group) is 1. The fraction of sp³-hybridized carbons (Fsp3) is 0.433. The van der Waals surface area contributed by atoms with E-state index in [1.54, 1.807) is 17.0 Å². The second kappa shape index (κ2) is 10.1. The number of hydrogen-bond acceptors (Lipinski definition) is 7. The molecule has 0 radical (unpaired) electrons. The number of nitrogens with zero attached hydrogens (tertiary/aromatic N) is 6. The largest absolute Gasteiger partial charge is 0.385 e. The molecule has 0 spiro atoms. The molecular formula is C30H37N7O2. The maximum Gasteiger partial charge on any atom is 0.278 e. The number of fused-ring (bicyclic) bond motifs is 2. The zero-order valence-electron chi connectivity index (χ0n) is 22.8. The molecule has 1 aromatic carbocycles. The van der Waals surface area contributed by atoms with Crippen LogP contribution in [0.5, 0.6) is 0 Å². The van der Waals surface area contributed by atoms with Crippen LogP contribution in [0.4, 0.5) is 17.3 Å². The SMILES string of the molecule is C=CCn1c(=O)c2cnc(Nc3ccc(N4CCN(C)CC4)cc3)nc2n1C1C=C2C(=CC1)CCC2(O)CC. The van der Waals surface area contributed by atoms with Crippen molar-refractivity contribution in [2.75, 3.05) is 43.4 Å². The van der Waals surface area contributed by atoms with E-state index in [-0.39, 0.29) is 11.6 Å². The van der Waals surface area contributed by atoms with Gasteiger partial charge in [-0.25, -0.2) is 9.67 Å². The smallest absolute Gasteiger partial charge is 0.278 e. The summed E-state index contributed by atoms with van der Waals surface area (Å²) in [6.07, 6.45) is 10.7. The lowest BCUT2D eigenvalue weighted by molar-refractivity contribution is 0.0807. The maximum atomic E-state index is 13.4. The Morgan fingerprint density at radius 2 is 1.97 bits per heavy atom. The van der Waals surface area contributed by atoms with Crippen molar-refractivity contribution in [1.29, 1.82) is 0 Å². The van der Waals surface area contributed by atoms with Crippen LogP contribution < -0.4 is 15.8 Å². The number of nitrogens with one attached hydrogen (secondary N) is 1. The fourth-order valence-corrected chi connectivity index (χ4v) is 6.13. The summed E-state index contributed by atoms with van der Waals surface area (Å²) in [6.45, 7) is 10.4. The molecule has 2 unspecified atom stereocenters. The first-order valence-electron chi connectivity index (χ1n) is 13.9. The Bertz CT molecular complexity index is 1510. The van der Waals surface area contributed by atoms with E-state index in [0.717, 1.165) is 56.7 Å². The summed E-state index contributed by atoms with van der Waals surface area (Å²) in [6, 6.07) is 8.19. The molecule has 2 atom stereocenters. The maximum absolute atomic E-state index is 13.4. The Kier molecular flexibility index (Phi) is 6.64. The molecule has 6 rings (SSSR count). The summed E-state index contributed by atoms with van der Waals surface area (Å²) in [5, 5.41) is 15.0. The Morgan fingerprint density at radius 3 is 2.69 bits per heavy atom. The predicted molar refractivity (Wildman–Crippen MR) is 156 cm³/mol. The lowest BCUT2D eigenvalue weighted by Gasteiger charge is -2.34. The highest BCUT2D eigenvalue weighted by molar-refractivity contribution is 5.76. The third kappa shape index (κ3) is 4.59. The number of rotatable bonds is 7. The third-order valence-corrected chi connectivity index (χ3v) is 8.52. The molecule has 3 heterocycles. The van der Waals surface area contributed by atoms with Crippen molar-refractivity contribution in [2.24, 2.45) is 0 Å². The molecule has 39 heavy (non-hydrogen) atoms. The highest BCUT2D eigenvalue weighted by atomic mass is 16.3. The molecule has 9 heteroatoms. The van der Waals surface area contributed by atoms with E-state index in [9.17, 15) is 9.90 Å².